The Kier molecular flexibility index (Phi) is 4.68. The Morgan fingerprint density at radius 2 is 2.12 bits per heavy atom. The van der Waals surface area contributed by atoms with Crippen LogP contribution in [-0.2, 0) is 4.74 Å². The third-order valence-electron chi connectivity index (χ3n) is 2.90. The molecule has 0 spiro atoms. The molecule has 0 bridgehead atoms. The van der Waals surface area contributed by atoms with Gasteiger partial charge < -0.3 is 4.74 Å². The van der Waals surface area contributed by atoms with Crippen molar-refractivity contribution in [2.75, 3.05) is 18.5 Å². The first kappa shape index (κ1) is 12.4. The van der Waals surface area contributed by atoms with Crippen LogP contribution in [0, 0.1) is 5.92 Å². The zero-order chi connectivity index (χ0) is 11.4. The van der Waals surface area contributed by atoms with Crippen molar-refractivity contribution in [1.29, 1.82) is 0 Å². The Balaban J connectivity index is 1.90. The first-order valence-electron chi connectivity index (χ1n) is 5.69. The molecule has 0 amide bonds. The van der Waals surface area contributed by atoms with E-state index in [1.54, 1.807) is 0 Å². The van der Waals surface area contributed by atoms with Crippen molar-refractivity contribution in [3.63, 3.8) is 0 Å². The van der Waals surface area contributed by atoms with Crippen molar-refractivity contribution in [3.8, 4) is 0 Å². The Bertz CT molecular complexity index is 338. The van der Waals surface area contributed by atoms with Gasteiger partial charge in [0.25, 0.3) is 0 Å². The quantitative estimate of drug-likeness (QED) is 0.714. The summed E-state index contributed by atoms with van der Waals surface area (Å²) in [5.41, 5.74) is 1.18. The molecule has 2 rings (SSSR count). The van der Waals surface area contributed by atoms with Crippen LogP contribution in [0.2, 0.25) is 5.02 Å². The number of benzene rings is 1. The fraction of sp³-hybridized carbons (Fsp3) is 0.538. The van der Waals surface area contributed by atoms with E-state index < -0.39 is 0 Å². The summed E-state index contributed by atoms with van der Waals surface area (Å²) in [6, 6.07) is 8.00. The highest BCUT2D eigenvalue weighted by Gasteiger charge is 2.22. The maximum atomic E-state index is 6.18. The minimum atomic E-state index is 0.354. The van der Waals surface area contributed by atoms with Gasteiger partial charge in [-0.05, 0) is 30.4 Å². The molecule has 1 unspecified atom stereocenters. The van der Waals surface area contributed by atoms with Gasteiger partial charge in [-0.2, -0.15) is 0 Å². The standard InChI is InChI=1S/C13H16BrClO/c14-7-11(9-16-8-10-5-6-10)12-3-1-2-4-13(12)15/h1-4,10-11H,5-9H2. The molecule has 1 atom stereocenters. The molecule has 0 N–H and O–H groups in total. The van der Waals surface area contributed by atoms with Crippen LogP contribution in [0.1, 0.15) is 24.3 Å². The second-order valence-electron chi connectivity index (χ2n) is 4.35. The van der Waals surface area contributed by atoms with Crippen molar-refractivity contribution in [3.05, 3.63) is 34.9 Å². The molecule has 1 aliphatic carbocycles. The molecule has 1 nitrogen and oxygen atoms in total. The summed E-state index contributed by atoms with van der Waals surface area (Å²) < 4.78 is 5.73. The topological polar surface area (TPSA) is 9.23 Å². The van der Waals surface area contributed by atoms with E-state index in [0.717, 1.165) is 29.5 Å². The number of alkyl halides is 1. The van der Waals surface area contributed by atoms with Gasteiger partial charge >= 0.3 is 0 Å². The lowest BCUT2D eigenvalue weighted by Gasteiger charge is -2.16. The third kappa shape index (κ3) is 3.47. The van der Waals surface area contributed by atoms with Crippen molar-refractivity contribution < 1.29 is 4.74 Å². The number of halogens is 2. The highest BCUT2D eigenvalue weighted by atomic mass is 79.9. The lowest BCUT2D eigenvalue weighted by molar-refractivity contribution is 0.115. The molecule has 0 radical (unpaired) electrons. The van der Waals surface area contributed by atoms with Crippen LogP contribution in [0.15, 0.2) is 24.3 Å². The van der Waals surface area contributed by atoms with E-state index in [2.05, 4.69) is 22.0 Å². The number of hydrogen-bond acceptors (Lipinski definition) is 1. The molecule has 0 aliphatic heterocycles. The zero-order valence-corrected chi connectivity index (χ0v) is 11.5. The molecule has 88 valence electrons. The summed E-state index contributed by atoms with van der Waals surface area (Å²) in [5.74, 6) is 1.18. The predicted octanol–water partition coefficient (Wildman–Crippen LogP) is 4.25. The molecule has 1 fully saturated rings. The normalized spacial score (nSPS) is 17.4. The van der Waals surface area contributed by atoms with Crippen LogP contribution < -0.4 is 0 Å². The molecule has 1 aliphatic rings. The molecule has 1 aromatic carbocycles. The summed E-state index contributed by atoms with van der Waals surface area (Å²) in [6.45, 7) is 1.67. The maximum Gasteiger partial charge on any atom is 0.0543 e. The molecular formula is C13H16BrClO. The molecule has 16 heavy (non-hydrogen) atoms. The van der Waals surface area contributed by atoms with Gasteiger partial charge in [-0.25, -0.2) is 0 Å². The molecule has 0 saturated heterocycles. The van der Waals surface area contributed by atoms with Crippen molar-refractivity contribution in [1.82, 2.24) is 0 Å². The van der Waals surface area contributed by atoms with E-state index in [0.29, 0.717) is 5.92 Å². The Morgan fingerprint density at radius 1 is 1.38 bits per heavy atom. The fourth-order valence-electron chi connectivity index (χ4n) is 1.69. The number of hydrogen-bond donors (Lipinski definition) is 0. The lowest BCUT2D eigenvalue weighted by Crippen LogP contribution is -2.11. The molecule has 3 heteroatoms. The number of rotatable bonds is 6. The van der Waals surface area contributed by atoms with E-state index in [1.165, 1.54) is 18.4 Å². The van der Waals surface area contributed by atoms with Crippen molar-refractivity contribution in [2.24, 2.45) is 5.92 Å². The van der Waals surface area contributed by atoms with Gasteiger partial charge in [-0.1, -0.05) is 45.7 Å². The Hall–Kier alpha value is -0.0500. The van der Waals surface area contributed by atoms with Gasteiger partial charge in [0, 0.05) is 22.9 Å². The van der Waals surface area contributed by atoms with E-state index in [4.69, 9.17) is 16.3 Å². The summed E-state index contributed by atoms with van der Waals surface area (Å²) in [7, 11) is 0. The SMILES string of the molecule is Clc1ccccc1C(CBr)COCC1CC1. The van der Waals surface area contributed by atoms with Crippen LogP contribution in [0.25, 0.3) is 0 Å². The van der Waals surface area contributed by atoms with Gasteiger partial charge in [0.2, 0.25) is 0 Å². The average molecular weight is 304 g/mol. The van der Waals surface area contributed by atoms with E-state index in [-0.39, 0.29) is 0 Å². The Labute approximate surface area is 110 Å². The smallest absolute Gasteiger partial charge is 0.0543 e. The van der Waals surface area contributed by atoms with Gasteiger partial charge in [0.1, 0.15) is 0 Å². The summed E-state index contributed by atoms with van der Waals surface area (Å²) in [5, 5.41) is 1.73. The first-order chi connectivity index (χ1) is 7.81. The molecule has 1 saturated carbocycles. The highest BCUT2D eigenvalue weighted by Crippen LogP contribution is 2.30. The monoisotopic (exact) mass is 302 g/mol. The van der Waals surface area contributed by atoms with Gasteiger partial charge in [-0.15, -0.1) is 0 Å². The lowest BCUT2D eigenvalue weighted by atomic mass is 10.0. The molecule has 1 aromatic rings. The second-order valence-corrected chi connectivity index (χ2v) is 5.41. The number of ether oxygens (including phenoxy) is 1. The minimum absolute atomic E-state index is 0.354. The van der Waals surface area contributed by atoms with Crippen LogP contribution >= 0.6 is 27.5 Å². The van der Waals surface area contributed by atoms with Gasteiger partial charge in [-0.3, -0.25) is 0 Å². The van der Waals surface area contributed by atoms with E-state index >= 15 is 0 Å². The van der Waals surface area contributed by atoms with Crippen LogP contribution in [0.4, 0.5) is 0 Å². The third-order valence-corrected chi connectivity index (χ3v) is 4.03. The van der Waals surface area contributed by atoms with Crippen LogP contribution in [-0.4, -0.2) is 18.5 Å². The second kappa shape index (κ2) is 6.04. The zero-order valence-electron chi connectivity index (χ0n) is 9.16. The minimum Gasteiger partial charge on any atom is -0.380 e. The van der Waals surface area contributed by atoms with Gasteiger partial charge in [0.05, 0.1) is 6.61 Å². The van der Waals surface area contributed by atoms with Crippen molar-refractivity contribution >= 4 is 27.5 Å². The van der Waals surface area contributed by atoms with Gasteiger partial charge in [0.15, 0.2) is 0 Å². The molecule has 0 aromatic heterocycles. The van der Waals surface area contributed by atoms with E-state index in [1.807, 2.05) is 18.2 Å². The van der Waals surface area contributed by atoms with Crippen molar-refractivity contribution in [2.45, 2.75) is 18.8 Å². The maximum absolute atomic E-state index is 6.18. The largest absolute Gasteiger partial charge is 0.380 e. The summed E-state index contributed by atoms with van der Waals surface area (Å²) in [6.07, 6.45) is 2.68. The van der Waals surface area contributed by atoms with Crippen LogP contribution in [0.5, 0.6) is 0 Å². The Morgan fingerprint density at radius 3 is 2.75 bits per heavy atom. The highest BCUT2D eigenvalue weighted by molar-refractivity contribution is 9.09. The molecular weight excluding hydrogens is 287 g/mol. The average Bonchev–Trinajstić information content (AvgIpc) is 3.10. The molecule has 0 heterocycles. The van der Waals surface area contributed by atoms with Crippen LogP contribution in [0.3, 0.4) is 0 Å². The summed E-state index contributed by atoms with van der Waals surface area (Å²) in [4.78, 5) is 0. The fourth-order valence-corrected chi connectivity index (χ4v) is 2.51. The van der Waals surface area contributed by atoms with E-state index in [9.17, 15) is 0 Å². The summed E-state index contributed by atoms with van der Waals surface area (Å²) >= 11 is 9.71. The first-order valence-corrected chi connectivity index (χ1v) is 7.19. The predicted molar refractivity (Wildman–Crippen MR) is 71.5 cm³/mol.